The molecule has 1 aromatic heterocycles. The van der Waals surface area contributed by atoms with Crippen LogP contribution in [0.3, 0.4) is 0 Å². The predicted octanol–water partition coefficient (Wildman–Crippen LogP) is 3.12. The molecule has 7 nitrogen and oxygen atoms in total. The molecule has 2 aliphatic heterocycles. The van der Waals surface area contributed by atoms with Crippen molar-refractivity contribution in [2.75, 3.05) is 39.8 Å². The molecule has 1 atom stereocenters. The van der Waals surface area contributed by atoms with Gasteiger partial charge in [0.2, 0.25) is 5.91 Å². The van der Waals surface area contributed by atoms with Crippen molar-refractivity contribution in [2.45, 2.75) is 32.0 Å². The summed E-state index contributed by atoms with van der Waals surface area (Å²) in [7, 11) is 2.03. The number of nitrogens with zero attached hydrogens (tertiary/aromatic N) is 4. The fourth-order valence-corrected chi connectivity index (χ4v) is 5.52. The number of piperazine rings is 1. The summed E-state index contributed by atoms with van der Waals surface area (Å²) in [5.41, 5.74) is 0.811. The lowest BCUT2D eigenvalue weighted by atomic mass is 10.1. The molecule has 0 radical (unpaired) electrons. The number of amides is 2. The van der Waals surface area contributed by atoms with Gasteiger partial charge in [0.25, 0.3) is 5.91 Å². The molecule has 2 saturated heterocycles. The van der Waals surface area contributed by atoms with Crippen LogP contribution in [0.15, 0.2) is 24.4 Å². The number of carbonyl (C=O) groups is 2. The molecule has 3 heterocycles. The second kappa shape index (κ2) is 10.5. The van der Waals surface area contributed by atoms with E-state index in [0.29, 0.717) is 28.0 Å². The maximum atomic E-state index is 12.8. The molecule has 0 spiro atoms. The molecule has 0 bridgehead atoms. The maximum Gasteiger partial charge on any atom is 0.263 e. The minimum atomic E-state index is -0.170. The van der Waals surface area contributed by atoms with Gasteiger partial charge in [0.15, 0.2) is 0 Å². The first kappa shape index (κ1) is 23.4. The Balaban J connectivity index is 1.24. The Morgan fingerprint density at radius 2 is 1.97 bits per heavy atom. The van der Waals surface area contributed by atoms with Crippen molar-refractivity contribution in [3.05, 3.63) is 49.9 Å². The van der Waals surface area contributed by atoms with E-state index in [1.165, 1.54) is 11.3 Å². The molecule has 2 aliphatic rings. The molecule has 0 aliphatic carbocycles. The van der Waals surface area contributed by atoms with Crippen molar-refractivity contribution in [1.29, 1.82) is 0 Å². The summed E-state index contributed by atoms with van der Waals surface area (Å²) in [5, 5.41) is 4.87. The van der Waals surface area contributed by atoms with Gasteiger partial charge in [0.05, 0.1) is 18.8 Å². The van der Waals surface area contributed by atoms with Crippen molar-refractivity contribution in [3.8, 4) is 0 Å². The molecule has 0 unspecified atom stereocenters. The second-order valence-corrected chi connectivity index (χ2v) is 10.2. The maximum absolute atomic E-state index is 12.8. The van der Waals surface area contributed by atoms with E-state index in [9.17, 15) is 9.59 Å². The molecule has 0 saturated carbocycles. The highest BCUT2D eigenvalue weighted by Gasteiger charge is 2.32. The van der Waals surface area contributed by atoms with E-state index in [0.717, 1.165) is 56.1 Å². The molecular formula is C22H27Cl2N5O2S. The number of thiazole rings is 1. The standard InChI is InChI=1S/C22H27Cl2N5O2S/c1-27-6-2-3-18(27)22(31)29-9-7-28(8-10-29)14-20-25-13-19(32-20)21(30)26-12-15-4-5-16(23)11-17(15)24/h4-5,11,13,18H,2-3,6-10,12,14H2,1H3,(H,26,30)/t18-/m0/s1. The van der Waals surface area contributed by atoms with Crippen LogP contribution in [-0.2, 0) is 17.9 Å². The van der Waals surface area contributed by atoms with E-state index in [4.69, 9.17) is 23.2 Å². The smallest absolute Gasteiger partial charge is 0.263 e. The number of aromatic nitrogens is 1. The first-order valence-electron chi connectivity index (χ1n) is 10.8. The van der Waals surface area contributed by atoms with Gasteiger partial charge in [-0.25, -0.2) is 4.98 Å². The van der Waals surface area contributed by atoms with Crippen LogP contribution < -0.4 is 5.32 Å². The SMILES string of the molecule is CN1CCC[C@H]1C(=O)N1CCN(Cc2ncc(C(=O)NCc3ccc(Cl)cc3Cl)s2)CC1. The lowest BCUT2D eigenvalue weighted by Crippen LogP contribution is -2.52. The van der Waals surface area contributed by atoms with Crippen LogP contribution in [0.2, 0.25) is 10.0 Å². The van der Waals surface area contributed by atoms with Gasteiger partial charge in [-0.05, 0) is 44.1 Å². The molecule has 4 rings (SSSR count). The summed E-state index contributed by atoms with van der Waals surface area (Å²) < 4.78 is 0. The summed E-state index contributed by atoms with van der Waals surface area (Å²) in [4.78, 5) is 36.7. The predicted molar refractivity (Wildman–Crippen MR) is 127 cm³/mol. The molecule has 1 N–H and O–H groups in total. The molecule has 2 amide bonds. The van der Waals surface area contributed by atoms with Gasteiger partial charge in [0, 0.05) is 42.8 Å². The lowest BCUT2D eigenvalue weighted by molar-refractivity contribution is -0.137. The molecular weight excluding hydrogens is 469 g/mol. The Bertz CT molecular complexity index is 977. The Hall–Kier alpha value is -1.71. The van der Waals surface area contributed by atoms with Crippen LogP contribution in [-0.4, -0.2) is 77.3 Å². The number of rotatable bonds is 6. The summed E-state index contributed by atoms with van der Waals surface area (Å²) in [6.07, 6.45) is 3.68. The number of hydrogen-bond acceptors (Lipinski definition) is 6. The van der Waals surface area contributed by atoms with E-state index in [-0.39, 0.29) is 17.9 Å². The van der Waals surface area contributed by atoms with Gasteiger partial charge >= 0.3 is 0 Å². The van der Waals surface area contributed by atoms with Crippen molar-refractivity contribution >= 4 is 46.4 Å². The minimum absolute atomic E-state index is 0.0457. The summed E-state index contributed by atoms with van der Waals surface area (Å²) in [6, 6.07) is 5.26. The highest BCUT2D eigenvalue weighted by atomic mass is 35.5. The molecule has 2 aromatic rings. The van der Waals surface area contributed by atoms with Crippen molar-refractivity contribution in [1.82, 2.24) is 25.0 Å². The van der Waals surface area contributed by atoms with Crippen LogP contribution in [0.4, 0.5) is 0 Å². The Morgan fingerprint density at radius 1 is 1.19 bits per heavy atom. The normalized spacial score (nSPS) is 20.0. The molecule has 10 heteroatoms. The van der Waals surface area contributed by atoms with E-state index in [1.807, 2.05) is 11.9 Å². The summed E-state index contributed by atoms with van der Waals surface area (Å²) >= 11 is 13.5. The van der Waals surface area contributed by atoms with Gasteiger partial charge in [-0.1, -0.05) is 29.3 Å². The fourth-order valence-electron chi connectivity index (χ4n) is 4.17. The minimum Gasteiger partial charge on any atom is -0.347 e. The largest absolute Gasteiger partial charge is 0.347 e. The highest BCUT2D eigenvalue weighted by Crippen LogP contribution is 2.22. The van der Waals surface area contributed by atoms with Gasteiger partial charge in [-0.15, -0.1) is 11.3 Å². The van der Waals surface area contributed by atoms with Crippen LogP contribution in [0.5, 0.6) is 0 Å². The quantitative estimate of drug-likeness (QED) is 0.666. The first-order chi connectivity index (χ1) is 15.4. The third-order valence-corrected chi connectivity index (χ3v) is 7.65. The Kier molecular flexibility index (Phi) is 7.68. The van der Waals surface area contributed by atoms with Crippen LogP contribution >= 0.6 is 34.5 Å². The second-order valence-electron chi connectivity index (χ2n) is 8.28. The van der Waals surface area contributed by atoms with Crippen LogP contribution in [0.1, 0.15) is 33.1 Å². The summed E-state index contributed by atoms with van der Waals surface area (Å²) in [5.74, 6) is 0.0921. The van der Waals surface area contributed by atoms with Crippen LogP contribution in [0, 0.1) is 0 Å². The Morgan fingerprint density at radius 3 is 2.66 bits per heavy atom. The molecule has 32 heavy (non-hydrogen) atoms. The number of likely N-dealkylation sites (N-methyl/N-ethyl adjacent to an activating group) is 1. The first-order valence-corrected chi connectivity index (χ1v) is 12.4. The van der Waals surface area contributed by atoms with E-state index >= 15 is 0 Å². The molecule has 2 fully saturated rings. The van der Waals surface area contributed by atoms with Crippen molar-refractivity contribution in [2.24, 2.45) is 0 Å². The number of carbonyl (C=O) groups excluding carboxylic acids is 2. The third kappa shape index (κ3) is 5.61. The molecule has 1 aromatic carbocycles. The van der Waals surface area contributed by atoms with Gasteiger partial charge < -0.3 is 10.2 Å². The van der Waals surface area contributed by atoms with E-state index in [2.05, 4.69) is 20.1 Å². The van der Waals surface area contributed by atoms with Gasteiger partial charge in [-0.3, -0.25) is 19.4 Å². The number of benzene rings is 1. The van der Waals surface area contributed by atoms with Gasteiger partial charge in [0.1, 0.15) is 9.88 Å². The van der Waals surface area contributed by atoms with Crippen molar-refractivity contribution < 1.29 is 9.59 Å². The zero-order valence-corrected chi connectivity index (χ0v) is 20.3. The summed E-state index contributed by atoms with van der Waals surface area (Å²) in [6.45, 7) is 5.13. The highest BCUT2D eigenvalue weighted by molar-refractivity contribution is 7.13. The third-order valence-electron chi connectivity index (χ3n) is 6.08. The zero-order valence-electron chi connectivity index (χ0n) is 18.0. The molecule has 172 valence electrons. The Labute approximate surface area is 202 Å². The monoisotopic (exact) mass is 495 g/mol. The number of likely N-dealkylation sites (tertiary alicyclic amines) is 1. The van der Waals surface area contributed by atoms with Crippen LogP contribution in [0.25, 0.3) is 0 Å². The van der Waals surface area contributed by atoms with E-state index < -0.39 is 0 Å². The zero-order chi connectivity index (χ0) is 22.7. The lowest BCUT2D eigenvalue weighted by Gasteiger charge is -2.36. The van der Waals surface area contributed by atoms with Crippen molar-refractivity contribution in [3.63, 3.8) is 0 Å². The number of hydrogen-bond donors (Lipinski definition) is 1. The number of nitrogens with one attached hydrogen (secondary N) is 1. The average molecular weight is 496 g/mol. The fraction of sp³-hybridized carbons (Fsp3) is 0.500. The van der Waals surface area contributed by atoms with E-state index in [1.54, 1.807) is 24.4 Å². The van der Waals surface area contributed by atoms with Gasteiger partial charge in [-0.2, -0.15) is 0 Å². The topological polar surface area (TPSA) is 68.8 Å². The number of halogens is 2. The average Bonchev–Trinajstić information content (AvgIpc) is 3.42.